The molecule has 0 heterocycles. The van der Waals surface area contributed by atoms with Crippen LogP contribution in [-0.4, -0.2) is 18.9 Å². The molecule has 19 heavy (non-hydrogen) atoms. The van der Waals surface area contributed by atoms with Gasteiger partial charge in [-0.2, -0.15) is 0 Å². The van der Waals surface area contributed by atoms with Gasteiger partial charge in [-0.1, -0.05) is 36.4 Å². The number of nitrogens with two attached hydrogens (primary N) is 1. The summed E-state index contributed by atoms with van der Waals surface area (Å²) in [6.07, 6.45) is 0.689. The third kappa shape index (κ3) is 4.01. The molecule has 0 saturated carbocycles. The van der Waals surface area contributed by atoms with Crippen LogP contribution in [0.1, 0.15) is 5.56 Å². The van der Waals surface area contributed by atoms with Crippen molar-refractivity contribution in [1.29, 1.82) is 0 Å². The third-order valence-electron chi connectivity index (χ3n) is 2.59. The predicted octanol–water partition coefficient (Wildman–Crippen LogP) is 1.62. The second-order valence-corrected chi connectivity index (χ2v) is 4.00. The van der Waals surface area contributed by atoms with E-state index < -0.39 is 7.32 Å². The van der Waals surface area contributed by atoms with E-state index in [4.69, 9.17) is 15.0 Å². The normalized spacial score (nSPS) is 10.0. The van der Waals surface area contributed by atoms with E-state index in [2.05, 4.69) is 0 Å². The zero-order valence-corrected chi connectivity index (χ0v) is 10.5. The zero-order chi connectivity index (χ0) is 13.5. The second-order valence-electron chi connectivity index (χ2n) is 4.00. The number of rotatable bonds is 6. The van der Waals surface area contributed by atoms with Gasteiger partial charge in [-0.05, 0) is 36.7 Å². The highest BCUT2D eigenvalue weighted by molar-refractivity contribution is 6.36. The SMILES string of the molecule is NCCc1ccccc1OB(O)Oc1ccccc1. The molecule has 0 spiro atoms. The molecule has 3 N–H and O–H groups in total. The summed E-state index contributed by atoms with van der Waals surface area (Å²) in [6, 6.07) is 16.5. The highest BCUT2D eigenvalue weighted by Crippen LogP contribution is 2.19. The molecule has 0 unspecified atom stereocenters. The van der Waals surface area contributed by atoms with Crippen LogP contribution in [0.3, 0.4) is 0 Å². The lowest BCUT2D eigenvalue weighted by atomic mass is 10.1. The Morgan fingerprint density at radius 3 is 2.37 bits per heavy atom. The first kappa shape index (κ1) is 13.5. The van der Waals surface area contributed by atoms with Crippen molar-refractivity contribution >= 4 is 7.32 Å². The average Bonchev–Trinajstić information content (AvgIpc) is 2.42. The van der Waals surface area contributed by atoms with Gasteiger partial charge >= 0.3 is 7.32 Å². The summed E-state index contributed by atoms with van der Waals surface area (Å²) >= 11 is 0. The molecule has 4 nitrogen and oxygen atoms in total. The molecule has 0 fully saturated rings. The molecule has 0 aliphatic carbocycles. The van der Waals surface area contributed by atoms with E-state index in [0.717, 1.165) is 5.56 Å². The van der Waals surface area contributed by atoms with E-state index >= 15 is 0 Å². The molecule has 0 amide bonds. The first-order valence-electron chi connectivity index (χ1n) is 6.14. The zero-order valence-electron chi connectivity index (χ0n) is 10.5. The summed E-state index contributed by atoms with van der Waals surface area (Å²) in [5, 5.41) is 9.77. The van der Waals surface area contributed by atoms with Gasteiger partial charge in [-0.25, -0.2) is 0 Å². The van der Waals surface area contributed by atoms with Crippen molar-refractivity contribution in [2.75, 3.05) is 6.54 Å². The Hall–Kier alpha value is -1.98. The predicted molar refractivity (Wildman–Crippen MR) is 74.9 cm³/mol. The van der Waals surface area contributed by atoms with Gasteiger partial charge in [0.2, 0.25) is 0 Å². The van der Waals surface area contributed by atoms with Crippen molar-refractivity contribution in [2.24, 2.45) is 5.73 Å². The smallest absolute Gasteiger partial charge is 0.501 e. The fourth-order valence-corrected chi connectivity index (χ4v) is 1.73. The Morgan fingerprint density at radius 2 is 1.63 bits per heavy atom. The van der Waals surface area contributed by atoms with Gasteiger partial charge in [0.25, 0.3) is 0 Å². The monoisotopic (exact) mass is 257 g/mol. The molecule has 2 aromatic rings. The minimum atomic E-state index is -1.35. The van der Waals surface area contributed by atoms with Crippen LogP contribution in [0.2, 0.25) is 0 Å². The van der Waals surface area contributed by atoms with Crippen LogP contribution in [0.4, 0.5) is 0 Å². The van der Waals surface area contributed by atoms with E-state index in [0.29, 0.717) is 24.5 Å². The van der Waals surface area contributed by atoms with Crippen molar-refractivity contribution in [3.05, 3.63) is 60.2 Å². The molecule has 2 aromatic carbocycles. The maximum Gasteiger partial charge on any atom is 0.785 e. The van der Waals surface area contributed by atoms with Crippen LogP contribution in [0.5, 0.6) is 11.5 Å². The minimum Gasteiger partial charge on any atom is -0.501 e. The number of benzene rings is 2. The van der Waals surface area contributed by atoms with Crippen LogP contribution in [-0.2, 0) is 6.42 Å². The van der Waals surface area contributed by atoms with Crippen molar-refractivity contribution < 1.29 is 14.3 Å². The molecule has 5 heteroatoms. The number of hydrogen-bond donors (Lipinski definition) is 2. The Labute approximate surface area is 113 Å². The first-order chi connectivity index (χ1) is 9.29. The molecule has 0 saturated heterocycles. The first-order valence-corrected chi connectivity index (χ1v) is 6.14. The molecule has 0 atom stereocenters. The van der Waals surface area contributed by atoms with Gasteiger partial charge in [-0.15, -0.1) is 0 Å². The quantitative estimate of drug-likeness (QED) is 0.772. The molecule has 0 aliphatic heterocycles. The fourth-order valence-electron chi connectivity index (χ4n) is 1.73. The van der Waals surface area contributed by atoms with Gasteiger partial charge in [0, 0.05) is 0 Å². The molecular formula is C14H16BNO3. The molecule has 0 aromatic heterocycles. The van der Waals surface area contributed by atoms with E-state index in [-0.39, 0.29) is 0 Å². The van der Waals surface area contributed by atoms with Crippen molar-refractivity contribution in [3.63, 3.8) is 0 Å². The Morgan fingerprint density at radius 1 is 0.947 bits per heavy atom. The van der Waals surface area contributed by atoms with Gasteiger partial charge < -0.3 is 20.1 Å². The average molecular weight is 257 g/mol. The van der Waals surface area contributed by atoms with Crippen LogP contribution in [0.25, 0.3) is 0 Å². The van der Waals surface area contributed by atoms with Gasteiger partial charge in [0.1, 0.15) is 11.5 Å². The summed E-state index contributed by atoms with van der Waals surface area (Å²) in [4.78, 5) is 0. The lowest BCUT2D eigenvalue weighted by molar-refractivity contribution is 0.296. The van der Waals surface area contributed by atoms with Gasteiger partial charge in [0.15, 0.2) is 0 Å². The summed E-state index contributed by atoms with van der Waals surface area (Å²) < 4.78 is 10.6. The van der Waals surface area contributed by atoms with Gasteiger partial charge in [-0.3, -0.25) is 0 Å². The highest BCUT2D eigenvalue weighted by atomic mass is 16.7. The lowest BCUT2D eigenvalue weighted by Gasteiger charge is -2.13. The van der Waals surface area contributed by atoms with Crippen LogP contribution in [0, 0.1) is 0 Å². The van der Waals surface area contributed by atoms with E-state index in [1.54, 1.807) is 18.2 Å². The second kappa shape index (κ2) is 6.82. The largest absolute Gasteiger partial charge is 0.785 e. The van der Waals surface area contributed by atoms with E-state index in [9.17, 15) is 5.02 Å². The Bertz CT molecular complexity index is 507. The third-order valence-corrected chi connectivity index (χ3v) is 2.59. The summed E-state index contributed by atoms with van der Waals surface area (Å²) in [5.41, 5.74) is 6.48. The molecule has 0 aliphatic rings. The molecule has 98 valence electrons. The maximum absolute atomic E-state index is 9.77. The summed E-state index contributed by atoms with van der Waals surface area (Å²) in [6.45, 7) is 0.524. The fraction of sp³-hybridized carbons (Fsp3) is 0.143. The van der Waals surface area contributed by atoms with Crippen molar-refractivity contribution in [1.82, 2.24) is 0 Å². The van der Waals surface area contributed by atoms with Gasteiger partial charge in [0.05, 0.1) is 0 Å². The van der Waals surface area contributed by atoms with Crippen LogP contribution in [0.15, 0.2) is 54.6 Å². The summed E-state index contributed by atoms with van der Waals surface area (Å²) in [7, 11) is -1.35. The number of hydrogen-bond acceptors (Lipinski definition) is 4. The van der Waals surface area contributed by atoms with Crippen molar-refractivity contribution in [2.45, 2.75) is 6.42 Å². The molecule has 0 radical (unpaired) electrons. The van der Waals surface area contributed by atoms with E-state index in [1.807, 2.05) is 36.4 Å². The minimum absolute atomic E-state index is 0.524. The lowest BCUT2D eigenvalue weighted by Crippen LogP contribution is -2.30. The van der Waals surface area contributed by atoms with Crippen LogP contribution < -0.4 is 15.0 Å². The molecule has 2 rings (SSSR count). The topological polar surface area (TPSA) is 64.7 Å². The summed E-state index contributed by atoms with van der Waals surface area (Å²) in [5.74, 6) is 1.13. The highest BCUT2D eigenvalue weighted by Gasteiger charge is 2.22. The Balaban J connectivity index is 2.00. The standard InChI is InChI=1S/C14H16BNO3/c16-11-10-12-6-4-5-9-14(12)19-15(17)18-13-7-2-1-3-8-13/h1-9,17H,10-11,16H2. The van der Waals surface area contributed by atoms with E-state index in [1.165, 1.54) is 0 Å². The Kier molecular flexibility index (Phi) is 4.83. The van der Waals surface area contributed by atoms with Crippen LogP contribution >= 0.6 is 0 Å². The molecule has 0 bridgehead atoms. The number of para-hydroxylation sites is 2. The maximum atomic E-state index is 9.77. The van der Waals surface area contributed by atoms with Crippen molar-refractivity contribution in [3.8, 4) is 11.5 Å². The molecular weight excluding hydrogens is 241 g/mol.